The number of hydrogen-bond acceptors (Lipinski definition) is 7. The molecule has 10 nitrogen and oxygen atoms in total. The van der Waals surface area contributed by atoms with Gasteiger partial charge in [-0.15, -0.1) is 0 Å². The minimum atomic E-state index is -2.75. The van der Waals surface area contributed by atoms with E-state index in [0.29, 0.717) is 5.56 Å². The molecule has 1 aliphatic rings. The van der Waals surface area contributed by atoms with Crippen molar-refractivity contribution in [1.82, 2.24) is 24.7 Å². The second-order valence-electron chi connectivity index (χ2n) is 7.94. The molecule has 0 aliphatic heterocycles. The van der Waals surface area contributed by atoms with Crippen LogP contribution in [0, 0.1) is 11.2 Å². The summed E-state index contributed by atoms with van der Waals surface area (Å²) in [7, 11) is 1.56. The fourth-order valence-corrected chi connectivity index (χ4v) is 3.55. The van der Waals surface area contributed by atoms with Gasteiger partial charge in [-0.05, 0) is 25.8 Å². The fourth-order valence-electron chi connectivity index (χ4n) is 3.29. The second-order valence-corrected chi connectivity index (χ2v) is 8.30. The summed E-state index contributed by atoms with van der Waals surface area (Å²) in [6, 6.07) is 1.11. The molecule has 2 amide bonds. The average Bonchev–Trinajstić information content (AvgIpc) is 3.56. The molecule has 0 bridgehead atoms. The molecule has 35 heavy (non-hydrogen) atoms. The summed E-state index contributed by atoms with van der Waals surface area (Å²) in [4.78, 5) is 36.6. The number of anilines is 2. The van der Waals surface area contributed by atoms with Crippen molar-refractivity contribution in [3.05, 3.63) is 47.4 Å². The van der Waals surface area contributed by atoms with E-state index in [1.807, 2.05) is 0 Å². The molecule has 0 radical (unpaired) electrons. The van der Waals surface area contributed by atoms with Crippen molar-refractivity contribution < 1.29 is 27.5 Å². The van der Waals surface area contributed by atoms with Gasteiger partial charge in [0.25, 0.3) is 6.43 Å². The van der Waals surface area contributed by atoms with Gasteiger partial charge in [-0.2, -0.15) is 5.10 Å². The Morgan fingerprint density at radius 2 is 1.83 bits per heavy atom. The first-order valence-corrected chi connectivity index (χ1v) is 10.7. The Balaban J connectivity index is 1.45. The van der Waals surface area contributed by atoms with E-state index >= 15 is 0 Å². The van der Waals surface area contributed by atoms with E-state index in [1.165, 1.54) is 30.2 Å². The number of hydrogen-bond donors (Lipinski definition) is 2. The lowest BCUT2D eigenvalue weighted by molar-refractivity contribution is -0.126. The summed E-state index contributed by atoms with van der Waals surface area (Å²) in [5.74, 6) is -1.07. The van der Waals surface area contributed by atoms with Crippen molar-refractivity contribution in [3.8, 4) is 11.4 Å². The van der Waals surface area contributed by atoms with E-state index in [-0.39, 0.29) is 40.9 Å². The Hall–Kier alpha value is -3.74. The normalized spacial score (nSPS) is 14.9. The summed E-state index contributed by atoms with van der Waals surface area (Å²) in [6.45, 7) is 1.50. The van der Waals surface area contributed by atoms with Gasteiger partial charge in [0.15, 0.2) is 5.82 Å². The Kier molecular flexibility index (Phi) is 6.61. The SMILES string of the molecule is C[C@@H](OC(=O)Nc1c(-c2ncc(NC(=O)C3(C(F)F)CC3)cn2)cnn1C)c1cc(F)cnc1Cl. The van der Waals surface area contributed by atoms with Crippen LogP contribution in [0.5, 0.6) is 0 Å². The lowest BCUT2D eigenvalue weighted by Crippen LogP contribution is -2.30. The standard InChI is InChI=1S/C21H19ClF3N7O3/c1-10(13-5-11(23)6-26-15(13)22)35-20(34)31-17-14(9-29-32(17)2)16-27-7-12(8-28-16)30-19(33)21(3-4-21)18(24)25/h5-10,18H,3-4H2,1-2H3,(H,30,33)(H,31,34)/t10-/m1/s1. The molecule has 0 spiro atoms. The Bertz CT molecular complexity index is 1270. The number of nitrogens with zero attached hydrogens (tertiary/aromatic N) is 5. The van der Waals surface area contributed by atoms with E-state index < -0.39 is 35.8 Å². The second kappa shape index (κ2) is 9.49. The predicted octanol–water partition coefficient (Wildman–Crippen LogP) is 4.36. The number of alkyl halides is 2. The number of pyridine rings is 1. The zero-order chi connectivity index (χ0) is 25.3. The Morgan fingerprint density at radius 1 is 1.14 bits per heavy atom. The molecule has 3 aromatic heterocycles. The third-order valence-corrected chi connectivity index (χ3v) is 5.84. The lowest BCUT2D eigenvalue weighted by Gasteiger charge is -2.16. The van der Waals surface area contributed by atoms with Gasteiger partial charge in [0.1, 0.15) is 28.3 Å². The number of ether oxygens (including phenoxy) is 1. The minimum absolute atomic E-state index is 0.00495. The Labute approximate surface area is 201 Å². The number of carbonyl (C=O) groups is 2. The van der Waals surface area contributed by atoms with Crippen LogP contribution in [-0.2, 0) is 16.6 Å². The summed E-state index contributed by atoms with van der Waals surface area (Å²) in [6.07, 6.45) is 0.569. The molecule has 1 fully saturated rings. The van der Waals surface area contributed by atoms with Gasteiger partial charge in [-0.1, -0.05) is 11.6 Å². The first-order chi connectivity index (χ1) is 16.6. The first-order valence-electron chi connectivity index (χ1n) is 10.3. The van der Waals surface area contributed by atoms with E-state index in [4.69, 9.17) is 16.3 Å². The maximum absolute atomic E-state index is 13.5. The molecule has 2 N–H and O–H groups in total. The van der Waals surface area contributed by atoms with E-state index in [1.54, 1.807) is 7.05 Å². The van der Waals surface area contributed by atoms with E-state index in [9.17, 15) is 22.8 Å². The van der Waals surface area contributed by atoms with Gasteiger partial charge in [0.05, 0.1) is 36.0 Å². The molecule has 0 aromatic carbocycles. The van der Waals surface area contributed by atoms with Crippen LogP contribution in [0.3, 0.4) is 0 Å². The summed E-state index contributed by atoms with van der Waals surface area (Å²) < 4.78 is 46.3. The molecule has 0 unspecified atom stereocenters. The van der Waals surface area contributed by atoms with Crippen molar-refractivity contribution in [3.63, 3.8) is 0 Å². The van der Waals surface area contributed by atoms with Gasteiger partial charge < -0.3 is 10.1 Å². The van der Waals surface area contributed by atoms with Crippen LogP contribution in [-0.4, -0.2) is 43.2 Å². The molecule has 1 atom stereocenters. The zero-order valence-corrected chi connectivity index (χ0v) is 19.2. The maximum Gasteiger partial charge on any atom is 0.413 e. The number of carbonyl (C=O) groups excluding carboxylic acids is 2. The number of amides is 2. The van der Waals surface area contributed by atoms with Gasteiger partial charge in [0, 0.05) is 12.6 Å². The van der Waals surface area contributed by atoms with Crippen LogP contribution in [0.2, 0.25) is 5.15 Å². The quantitative estimate of drug-likeness (QED) is 0.453. The van der Waals surface area contributed by atoms with Crippen LogP contribution < -0.4 is 10.6 Å². The number of aryl methyl sites for hydroxylation is 1. The van der Waals surface area contributed by atoms with Crippen LogP contribution in [0.1, 0.15) is 31.4 Å². The van der Waals surface area contributed by atoms with Gasteiger partial charge >= 0.3 is 6.09 Å². The highest BCUT2D eigenvalue weighted by atomic mass is 35.5. The molecule has 4 rings (SSSR count). The minimum Gasteiger partial charge on any atom is -0.441 e. The third-order valence-electron chi connectivity index (χ3n) is 5.52. The highest BCUT2D eigenvalue weighted by molar-refractivity contribution is 6.30. The molecule has 14 heteroatoms. The monoisotopic (exact) mass is 509 g/mol. The summed E-state index contributed by atoms with van der Waals surface area (Å²) in [5.41, 5.74) is -0.986. The van der Waals surface area contributed by atoms with Gasteiger partial charge in [-0.25, -0.2) is 32.9 Å². The van der Waals surface area contributed by atoms with E-state index in [2.05, 4.69) is 30.7 Å². The van der Waals surface area contributed by atoms with Crippen LogP contribution in [0.25, 0.3) is 11.4 Å². The van der Waals surface area contributed by atoms with Gasteiger partial charge in [-0.3, -0.25) is 14.8 Å². The highest BCUT2D eigenvalue weighted by Crippen LogP contribution is 2.51. The largest absolute Gasteiger partial charge is 0.441 e. The number of aromatic nitrogens is 5. The topological polar surface area (TPSA) is 124 Å². The Morgan fingerprint density at radius 3 is 2.46 bits per heavy atom. The molecule has 1 aliphatic carbocycles. The first kappa shape index (κ1) is 24.4. The maximum atomic E-state index is 13.5. The fraction of sp³-hybridized carbons (Fsp3) is 0.333. The molecule has 0 saturated heterocycles. The lowest BCUT2D eigenvalue weighted by atomic mass is 10.1. The predicted molar refractivity (Wildman–Crippen MR) is 118 cm³/mol. The highest BCUT2D eigenvalue weighted by Gasteiger charge is 2.57. The van der Waals surface area contributed by atoms with Crippen molar-refractivity contribution in [2.24, 2.45) is 12.5 Å². The number of nitrogens with one attached hydrogen (secondary N) is 2. The summed E-state index contributed by atoms with van der Waals surface area (Å²) >= 11 is 5.95. The van der Waals surface area contributed by atoms with Crippen molar-refractivity contribution in [1.29, 1.82) is 0 Å². The molecule has 3 aromatic rings. The summed E-state index contributed by atoms with van der Waals surface area (Å²) in [5, 5.41) is 9.00. The molecule has 184 valence electrons. The van der Waals surface area contributed by atoms with Crippen molar-refractivity contribution in [2.45, 2.75) is 32.3 Å². The average molecular weight is 510 g/mol. The van der Waals surface area contributed by atoms with Crippen molar-refractivity contribution >= 4 is 35.1 Å². The van der Waals surface area contributed by atoms with Crippen LogP contribution in [0.4, 0.5) is 29.5 Å². The van der Waals surface area contributed by atoms with Crippen molar-refractivity contribution in [2.75, 3.05) is 10.6 Å². The van der Waals surface area contributed by atoms with E-state index in [0.717, 1.165) is 12.3 Å². The van der Waals surface area contributed by atoms with Crippen LogP contribution in [0.15, 0.2) is 30.9 Å². The molecular formula is C21H19ClF3N7O3. The number of rotatable bonds is 7. The van der Waals surface area contributed by atoms with Gasteiger partial charge in [0.2, 0.25) is 5.91 Å². The molecule has 1 saturated carbocycles. The number of halogens is 4. The molecular weight excluding hydrogens is 491 g/mol. The third kappa shape index (κ3) is 5.04. The smallest absolute Gasteiger partial charge is 0.413 e. The zero-order valence-electron chi connectivity index (χ0n) is 18.4. The molecule has 3 heterocycles. The van der Waals surface area contributed by atoms with Crippen LogP contribution >= 0.6 is 11.6 Å².